The molecule has 1 N–H and O–H groups in total. The maximum atomic E-state index is 12.6. The van der Waals surface area contributed by atoms with Crippen molar-refractivity contribution in [3.63, 3.8) is 0 Å². The molecule has 4 atom stereocenters. The number of hydrogen-bond acceptors (Lipinski definition) is 7. The van der Waals surface area contributed by atoms with Crippen molar-refractivity contribution in [2.24, 2.45) is 11.8 Å². The van der Waals surface area contributed by atoms with Crippen LogP contribution in [0.15, 0.2) is 16.5 Å². The zero-order valence-corrected chi connectivity index (χ0v) is 14.9. The van der Waals surface area contributed by atoms with Crippen LogP contribution in [0.4, 0.5) is 0 Å². The number of aliphatic hydroxyl groups is 1. The number of rotatable bonds is 5. The third-order valence-corrected chi connectivity index (χ3v) is 4.44. The molecule has 1 heterocycles. The highest BCUT2D eigenvalue weighted by Crippen LogP contribution is 2.47. The summed E-state index contributed by atoms with van der Waals surface area (Å²) in [4.78, 5) is 37.6. The van der Waals surface area contributed by atoms with Gasteiger partial charge in [-0.05, 0) is 39.8 Å². The molecule has 1 saturated carbocycles. The van der Waals surface area contributed by atoms with Crippen LogP contribution < -0.4 is 0 Å². The van der Waals surface area contributed by atoms with Gasteiger partial charge in [0.05, 0.1) is 30.7 Å². The van der Waals surface area contributed by atoms with Gasteiger partial charge in [-0.15, -0.1) is 0 Å². The number of carbonyl (C=O) groups excluding carboxylic acids is 3. The standard InChI is InChI=1S/C18H24O7/c1-5-23-16(20)13-11(19)9-18(4,22)15(17(21)24-6-2)14(13)12-8-7-10(3)25-12/h7-8,13-15,22H,5-6,9H2,1-4H3/t13-,14-,15+,18+/m1/s1. The Balaban J connectivity index is 2.56. The van der Waals surface area contributed by atoms with Crippen LogP contribution in [0, 0.1) is 18.8 Å². The van der Waals surface area contributed by atoms with Crippen molar-refractivity contribution in [3.05, 3.63) is 23.7 Å². The van der Waals surface area contributed by atoms with Gasteiger partial charge in [0.25, 0.3) is 0 Å². The van der Waals surface area contributed by atoms with Crippen LogP contribution in [0.5, 0.6) is 0 Å². The topological polar surface area (TPSA) is 103 Å². The normalized spacial score (nSPS) is 29.3. The smallest absolute Gasteiger partial charge is 0.317 e. The van der Waals surface area contributed by atoms with Gasteiger partial charge in [-0.2, -0.15) is 0 Å². The van der Waals surface area contributed by atoms with Crippen molar-refractivity contribution in [2.75, 3.05) is 13.2 Å². The quantitative estimate of drug-likeness (QED) is 0.636. The number of furan rings is 1. The molecule has 1 aliphatic carbocycles. The van der Waals surface area contributed by atoms with Crippen LogP contribution >= 0.6 is 0 Å². The summed E-state index contributed by atoms with van der Waals surface area (Å²) >= 11 is 0. The number of ketones is 1. The molecule has 0 radical (unpaired) electrons. The van der Waals surface area contributed by atoms with Gasteiger partial charge < -0.3 is 19.0 Å². The Bertz CT molecular complexity index is 658. The number of aryl methyl sites for hydroxylation is 1. The average molecular weight is 352 g/mol. The summed E-state index contributed by atoms with van der Waals surface area (Å²) in [6.45, 7) is 6.62. The first kappa shape index (κ1) is 19.2. The van der Waals surface area contributed by atoms with Crippen molar-refractivity contribution < 1.29 is 33.4 Å². The van der Waals surface area contributed by atoms with E-state index in [1.165, 1.54) is 6.92 Å². The van der Waals surface area contributed by atoms with Gasteiger partial charge in [0, 0.05) is 6.42 Å². The molecule has 1 aromatic rings. The van der Waals surface area contributed by atoms with E-state index in [0.29, 0.717) is 5.76 Å². The van der Waals surface area contributed by atoms with Crippen molar-refractivity contribution in [3.8, 4) is 0 Å². The van der Waals surface area contributed by atoms with E-state index in [1.807, 2.05) is 0 Å². The van der Waals surface area contributed by atoms with E-state index in [9.17, 15) is 19.5 Å². The minimum absolute atomic E-state index is 0.104. The molecule has 0 aromatic carbocycles. The predicted molar refractivity (Wildman–Crippen MR) is 86.7 cm³/mol. The molecule has 7 nitrogen and oxygen atoms in total. The lowest BCUT2D eigenvalue weighted by atomic mass is 9.63. The molecule has 1 aromatic heterocycles. The second kappa shape index (κ2) is 7.39. The van der Waals surface area contributed by atoms with Gasteiger partial charge in [-0.1, -0.05) is 0 Å². The second-order valence-corrected chi connectivity index (χ2v) is 6.43. The number of esters is 2. The number of hydrogen-bond donors (Lipinski definition) is 1. The summed E-state index contributed by atoms with van der Waals surface area (Å²) in [6.07, 6.45) is -0.337. The highest BCUT2D eigenvalue weighted by molar-refractivity contribution is 6.02. The summed E-state index contributed by atoms with van der Waals surface area (Å²) in [5, 5.41) is 10.8. The van der Waals surface area contributed by atoms with E-state index in [2.05, 4.69) is 0 Å². The number of Topliss-reactive ketones (excluding diaryl/α,β-unsaturated/α-hetero) is 1. The molecule has 0 bridgehead atoms. The Labute approximate surface area is 146 Å². The average Bonchev–Trinajstić information content (AvgIpc) is 2.92. The third-order valence-electron chi connectivity index (χ3n) is 4.44. The fourth-order valence-corrected chi connectivity index (χ4v) is 3.46. The largest absolute Gasteiger partial charge is 0.466 e. The van der Waals surface area contributed by atoms with Crippen molar-refractivity contribution >= 4 is 17.7 Å². The van der Waals surface area contributed by atoms with E-state index in [1.54, 1.807) is 32.9 Å². The van der Waals surface area contributed by atoms with E-state index >= 15 is 0 Å². The molecular weight excluding hydrogens is 328 g/mol. The molecule has 1 aliphatic rings. The van der Waals surface area contributed by atoms with E-state index in [4.69, 9.17) is 13.9 Å². The second-order valence-electron chi connectivity index (χ2n) is 6.43. The summed E-state index contributed by atoms with van der Waals surface area (Å²) < 4.78 is 15.7. The number of ether oxygens (including phenoxy) is 2. The van der Waals surface area contributed by atoms with Gasteiger partial charge in [0.2, 0.25) is 0 Å². The molecule has 0 saturated heterocycles. The van der Waals surface area contributed by atoms with Crippen molar-refractivity contribution in [2.45, 2.75) is 45.6 Å². The lowest BCUT2D eigenvalue weighted by Crippen LogP contribution is -2.55. The fourth-order valence-electron chi connectivity index (χ4n) is 3.46. The molecule has 0 amide bonds. The first-order chi connectivity index (χ1) is 11.7. The maximum absolute atomic E-state index is 12.6. The molecule has 1 fully saturated rings. The molecule has 7 heteroatoms. The molecule has 0 unspecified atom stereocenters. The molecular formula is C18H24O7. The summed E-state index contributed by atoms with van der Waals surface area (Å²) in [6, 6.07) is 3.28. The predicted octanol–water partition coefficient (Wildman–Crippen LogP) is 1.75. The van der Waals surface area contributed by atoms with Crippen LogP contribution in [-0.2, 0) is 23.9 Å². The lowest BCUT2D eigenvalue weighted by Gasteiger charge is -2.42. The molecule has 0 aliphatic heterocycles. The van der Waals surface area contributed by atoms with E-state index in [-0.39, 0.29) is 25.4 Å². The summed E-state index contributed by atoms with van der Waals surface area (Å²) in [5.74, 6) is -4.36. The minimum Gasteiger partial charge on any atom is -0.466 e. The first-order valence-electron chi connectivity index (χ1n) is 8.37. The van der Waals surface area contributed by atoms with Crippen molar-refractivity contribution in [1.29, 1.82) is 0 Å². The third kappa shape index (κ3) is 3.76. The molecule has 2 rings (SSSR count). The maximum Gasteiger partial charge on any atom is 0.317 e. The molecule has 138 valence electrons. The van der Waals surface area contributed by atoms with Gasteiger partial charge in [-0.3, -0.25) is 14.4 Å². The Kier molecular flexibility index (Phi) is 5.67. The Morgan fingerprint density at radius 3 is 2.36 bits per heavy atom. The van der Waals surface area contributed by atoms with Crippen LogP contribution in [0.3, 0.4) is 0 Å². The molecule has 0 spiro atoms. The minimum atomic E-state index is -1.66. The van der Waals surface area contributed by atoms with Gasteiger partial charge in [0.1, 0.15) is 17.4 Å². The highest BCUT2D eigenvalue weighted by Gasteiger charge is 2.58. The van der Waals surface area contributed by atoms with Crippen LogP contribution in [0.25, 0.3) is 0 Å². The molecule has 25 heavy (non-hydrogen) atoms. The van der Waals surface area contributed by atoms with Gasteiger partial charge in [0.15, 0.2) is 5.78 Å². The highest BCUT2D eigenvalue weighted by atomic mass is 16.5. The van der Waals surface area contributed by atoms with Crippen LogP contribution in [-0.4, -0.2) is 41.6 Å². The summed E-state index contributed by atoms with van der Waals surface area (Å²) in [5.41, 5.74) is -1.66. The van der Waals surface area contributed by atoms with Crippen LogP contribution in [0.1, 0.15) is 44.6 Å². The lowest BCUT2D eigenvalue weighted by molar-refractivity contribution is -0.173. The SMILES string of the molecule is CCOC(=O)[C@@H]1C(=O)C[C@](C)(O)[C@H](C(=O)OCC)[C@@H]1c1ccc(C)o1. The van der Waals surface area contributed by atoms with E-state index < -0.39 is 41.1 Å². The number of carbonyl (C=O) groups is 3. The van der Waals surface area contributed by atoms with Gasteiger partial charge >= 0.3 is 11.9 Å². The Morgan fingerprint density at radius 2 is 1.84 bits per heavy atom. The fraction of sp³-hybridized carbons (Fsp3) is 0.611. The first-order valence-corrected chi connectivity index (χ1v) is 8.37. The zero-order valence-electron chi connectivity index (χ0n) is 14.9. The van der Waals surface area contributed by atoms with Crippen LogP contribution in [0.2, 0.25) is 0 Å². The van der Waals surface area contributed by atoms with Crippen molar-refractivity contribution in [1.82, 2.24) is 0 Å². The van der Waals surface area contributed by atoms with Gasteiger partial charge in [-0.25, -0.2) is 0 Å². The Morgan fingerprint density at radius 1 is 1.24 bits per heavy atom. The Hall–Kier alpha value is -2.15. The monoisotopic (exact) mass is 352 g/mol. The summed E-state index contributed by atoms with van der Waals surface area (Å²) in [7, 11) is 0. The zero-order chi connectivity index (χ0) is 18.8. The van der Waals surface area contributed by atoms with E-state index in [0.717, 1.165) is 0 Å².